The van der Waals surface area contributed by atoms with Crippen molar-refractivity contribution in [2.24, 2.45) is 0 Å². The van der Waals surface area contributed by atoms with E-state index in [0.717, 1.165) is 22.3 Å². The third-order valence-electron chi connectivity index (χ3n) is 14.1. The van der Waals surface area contributed by atoms with E-state index in [4.69, 9.17) is 141 Å². The molecule has 0 saturated heterocycles. The largest absolute Gasteiger partial charge is 0.113 e. The molecule has 68 heavy (non-hydrogen) atoms. The van der Waals surface area contributed by atoms with Crippen LogP contribution in [0.1, 0.15) is 0 Å². The molecule has 0 heterocycles. The van der Waals surface area contributed by atoms with Gasteiger partial charge >= 0.3 is 0 Å². The van der Waals surface area contributed by atoms with E-state index >= 15 is 0 Å². The molecule has 0 aliphatic rings. The van der Waals surface area contributed by atoms with Crippen LogP contribution in [0.4, 0.5) is 0 Å². The number of hydrogen-bond acceptors (Lipinski definition) is 0. The van der Waals surface area contributed by atoms with E-state index < -0.39 is 0 Å². The van der Waals surface area contributed by atoms with Crippen molar-refractivity contribution in [1.29, 1.82) is 0 Å². The van der Waals surface area contributed by atoms with Crippen molar-refractivity contribution in [3.63, 3.8) is 0 Å². The Hall–Kier alpha value is -5.33. The average Bonchev–Trinajstić information content (AvgIpc) is 3.33. The fourth-order valence-electron chi connectivity index (χ4n) is 10.7. The van der Waals surface area contributed by atoms with E-state index in [9.17, 15) is 0 Å². The zero-order chi connectivity index (χ0) is 48.4. The smallest absolute Gasteiger partial charge is 0.109 e. The van der Waals surface area contributed by atoms with Gasteiger partial charge in [0.2, 0.25) is 0 Å². The molecular formula is C50H12B18. The van der Waals surface area contributed by atoms with Gasteiger partial charge in [0.25, 0.3) is 0 Å². The van der Waals surface area contributed by atoms with Crippen molar-refractivity contribution in [2.45, 2.75) is 0 Å². The van der Waals surface area contributed by atoms with Crippen LogP contribution in [0.25, 0.3) is 109 Å². The molecule has 0 aliphatic heterocycles. The Kier molecular flexibility index (Phi) is 10.3. The molecule has 0 saturated carbocycles. The van der Waals surface area contributed by atoms with Crippen LogP contribution in [-0.2, 0) is 0 Å². The lowest BCUT2D eigenvalue weighted by Crippen LogP contribution is -2.48. The fraction of sp³-hybridized carbons (Fsp3) is 0. The Morgan fingerprint density at radius 1 is 0.176 bits per heavy atom. The summed E-state index contributed by atoms with van der Waals surface area (Å²) in [5.74, 6) is 0. The van der Waals surface area contributed by atoms with Gasteiger partial charge in [0.15, 0.2) is 0 Å². The molecule has 0 atom stereocenters. The summed E-state index contributed by atoms with van der Waals surface area (Å²) in [6, 6.07) is 23.5. The van der Waals surface area contributed by atoms with E-state index in [0.29, 0.717) is 86.9 Å². The molecule has 18 heteroatoms. The van der Waals surface area contributed by atoms with Gasteiger partial charge < -0.3 is 0 Å². The zero-order valence-electron chi connectivity index (χ0n) is 36.3. The minimum Gasteiger partial charge on any atom is -0.109 e. The van der Waals surface area contributed by atoms with Crippen LogP contribution in [-0.4, -0.2) is 141 Å². The lowest BCUT2D eigenvalue weighted by atomic mass is 9.58. The number of hydrogen-bond donors (Lipinski definition) is 0. The van der Waals surface area contributed by atoms with Gasteiger partial charge in [-0.3, -0.25) is 0 Å². The predicted molar refractivity (Wildman–Crippen MR) is 313 cm³/mol. The van der Waals surface area contributed by atoms with Gasteiger partial charge in [-0.05, 0) is 121 Å². The van der Waals surface area contributed by atoms with Crippen molar-refractivity contribution >= 4 is 304 Å². The van der Waals surface area contributed by atoms with Gasteiger partial charge in [-0.2, -0.15) is 0 Å². The monoisotopic (exact) mass is 810 g/mol. The molecule has 0 aromatic heterocycles. The molecule has 0 bridgehead atoms. The maximum Gasteiger partial charge on any atom is 0.113 e. The highest BCUT2D eigenvalue weighted by atomic mass is 14.3. The van der Waals surface area contributed by atoms with Crippen molar-refractivity contribution in [1.82, 2.24) is 0 Å². The first-order chi connectivity index (χ1) is 32.3. The second-order valence-electron chi connectivity index (χ2n) is 17.4. The summed E-state index contributed by atoms with van der Waals surface area (Å²) < 4.78 is 0. The van der Waals surface area contributed by atoms with Gasteiger partial charge in [0.05, 0.1) is 0 Å². The third kappa shape index (κ3) is 5.76. The molecule has 11 aromatic rings. The molecule has 0 aliphatic carbocycles. The van der Waals surface area contributed by atoms with Gasteiger partial charge in [0.1, 0.15) is 141 Å². The molecule has 0 fully saturated rings. The molecule has 0 amide bonds. The summed E-state index contributed by atoms with van der Waals surface area (Å²) >= 11 is 0. The van der Waals surface area contributed by atoms with Crippen LogP contribution in [0.3, 0.4) is 0 Å². The van der Waals surface area contributed by atoms with Crippen molar-refractivity contribution in [2.75, 3.05) is 0 Å². The molecule has 0 nitrogen and oxygen atoms in total. The Bertz CT molecular complexity index is 4060. The predicted octanol–water partition coefficient (Wildman–Crippen LogP) is -7.56. The van der Waals surface area contributed by atoms with Gasteiger partial charge in [0, 0.05) is 0 Å². The molecule has 0 N–H and O–H groups in total. The minimum absolute atomic E-state index is 0.0978. The van der Waals surface area contributed by atoms with E-state index in [1.807, 2.05) is 72.8 Å². The zero-order valence-corrected chi connectivity index (χ0v) is 36.3. The molecule has 266 valence electrons. The van der Waals surface area contributed by atoms with Gasteiger partial charge in [-0.1, -0.05) is 148 Å². The van der Waals surface area contributed by atoms with Crippen LogP contribution in [0.2, 0.25) is 0 Å². The number of benzene rings is 11. The van der Waals surface area contributed by atoms with E-state index in [2.05, 4.69) is 0 Å². The van der Waals surface area contributed by atoms with E-state index in [1.54, 1.807) is 0 Å². The molecular weight excluding hydrogens is 795 g/mol. The molecule has 0 unspecified atom stereocenters. The quantitative estimate of drug-likeness (QED) is 0.123. The Morgan fingerprint density at radius 3 is 0.926 bits per heavy atom. The van der Waals surface area contributed by atoms with Crippen LogP contribution >= 0.6 is 0 Å². The summed E-state index contributed by atoms with van der Waals surface area (Å²) in [5, 5.41) is 5.37. The first-order valence-corrected chi connectivity index (χ1v) is 21.2. The molecule has 11 aromatic carbocycles. The normalized spacial score (nSPS) is 12.0. The topological polar surface area (TPSA) is 0 Å². The second kappa shape index (κ2) is 15.6. The van der Waals surface area contributed by atoms with E-state index in [1.165, 1.54) is 0 Å². The minimum atomic E-state index is 0.0978. The standard InChI is InChI=1S/C50H12B18/c51-33-19(25-21-23-29(39(57)35(25)53)45(63)49(67)47(65)31(23)43(61)41(59)27(21)37(33)55)16-8-4-7-14(11-16)15-9-10-17(18(12-15)13-5-2-1-3-6-13)20-26-22-24-30(40(58)36(26)54)46(64)50(68)48(66)32(24)44(62)42(60)28(22)38(56)34(20)52/h1-12H. The summed E-state index contributed by atoms with van der Waals surface area (Å²) in [4.78, 5) is 0. The van der Waals surface area contributed by atoms with Gasteiger partial charge in [-0.15, -0.1) is 10.9 Å². The number of rotatable bonds is 4. The van der Waals surface area contributed by atoms with Crippen molar-refractivity contribution < 1.29 is 0 Å². The summed E-state index contributed by atoms with van der Waals surface area (Å²) in [5.41, 5.74) is 8.46. The highest BCUT2D eigenvalue weighted by Crippen LogP contribution is 2.41. The Balaban J connectivity index is 1.20. The SMILES string of the molecule is [B]c1c([B])c2c([B])c([B])c3c([B])c([B])c(-c4cccc(-c5ccc(-c6c([B])c([B])c7c([B])c([B])c8c([B])c([B])c([B])c9c([B])c([B])c6c7c89)c(-c6ccccc6)c5)c4)c4c([B])c([B])c(c1[B])c2c34. The van der Waals surface area contributed by atoms with Crippen LogP contribution in [0.5, 0.6) is 0 Å². The summed E-state index contributed by atoms with van der Waals surface area (Å²) in [6.07, 6.45) is 0. The molecule has 36 radical (unpaired) electrons. The van der Waals surface area contributed by atoms with Gasteiger partial charge in [-0.25, -0.2) is 0 Å². The van der Waals surface area contributed by atoms with Crippen LogP contribution in [0, 0.1) is 0 Å². The third-order valence-corrected chi connectivity index (χ3v) is 14.1. The van der Waals surface area contributed by atoms with Crippen LogP contribution < -0.4 is 98.3 Å². The van der Waals surface area contributed by atoms with Crippen molar-refractivity contribution in [3.8, 4) is 44.5 Å². The summed E-state index contributed by atoms with van der Waals surface area (Å²) in [7, 11) is 122. The fourth-order valence-corrected chi connectivity index (χ4v) is 10.7. The molecule has 11 rings (SSSR count). The lowest BCUT2D eigenvalue weighted by Gasteiger charge is -2.30. The Morgan fingerprint density at radius 2 is 0.485 bits per heavy atom. The highest BCUT2D eigenvalue weighted by Gasteiger charge is 2.28. The Labute approximate surface area is 418 Å². The van der Waals surface area contributed by atoms with Crippen LogP contribution in [0.15, 0.2) is 72.8 Å². The van der Waals surface area contributed by atoms with Crippen molar-refractivity contribution in [3.05, 3.63) is 72.8 Å². The first-order valence-electron chi connectivity index (χ1n) is 21.2. The maximum absolute atomic E-state index is 7.12. The van der Waals surface area contributed by atoms with E-state index in [-0.39, 0.29) is 98.3 Å². The maximum atomic E-state index is 7.12. The first kappa shape index (κ1) is 45.1. The highest BCUT2D eigenvalue weighted by molar-refractivity contribution is 6.77. The second-order valence-corrected chi connectivity index (χ2v) is 17.4. The molecule has 0 spiro atoms. The average molecular weight is 807 g/mol. The lowest BCUT2D eigenvalue weighted by molar-refractivity contribution is 1.58. The summed E-state index contributed by atoms with van der Waals surface area (Å²) in [6.45, 7) is 0.